The van der Waals surface area contributed by atoms with E-state index in [2.05, 4.69) is 0 Å². The summed E-state index contributed by atoms with van der Waals surface area (Å²) in [4.78, 5) is 23.2. The molecule has 0 aliphatic rings. The van der Waals surface area contributed by atoms with Gasteiger partial charge in [0.05, 0.1) is 16.8 Å². The van der Waals surface area contributed by atoms with Gasteiger partial charge in [-0.05, 0) is 17.5 Å². The van der Waals surface area contributed by atoms with Crippen LogP contribution in [0.15, 0.2) is 72.9 Å². The van der Waals surface area contributed by atoms with E-state index in [1.807, 2.05) is 59.2 Å². The minimum absolute atomic E-state index is 0.200. The molecule has 1 aromatic heterocycles. The fourth-order valence-corrected chi connectivity index (χ4v) is 3.09. The Kier molecular flexibility index (Phi) is 3.17. The van der Waals surface area contributed by atoms with Crippen LogP contribution in [0.25, 0.3) is 27.4 Å². The van der Waals surface area contributed by atoms with Crippen LogP contribution < -0.4 is 0 Å². The maximum absolute atomic E-state index is 12.1. The van der Waals surface area contributed by atoms with Crippen LogP contribution in [-0.2, 0) is 4.79 Å². The summed E-state index contributed by atoms with van der Waals surface area (Å²) in [6.45, 7) is 0. The molecule has 0 spiro atoms. The average Bonchev–Trinajstić information content (AvgIpc) is 3.00. The van der Waals surface area contributed by atoms with E-state index < -0.39 is 11.8 Å². The summed E-state index contributed by atoms with van der Waals surface area (Å²) >= 11 is 0. The number of hydrogen-bond donors (Lipinski definition) is 1. The van der Waals surface area contributed by atoms with E-state index in [0.29, 0.717) is 5.39 Å². The van der Waals surface area contributed by atoms with E-state index in [1.54, 1.807) is 18.3 Å². The Morgan fingerprint density at radius 1 is 0.792 bits per heavy atom. The molecule has 4 nitrogen and oxygen atoms in total. The summed E-state index contributed by atoms with van der Waals surface area (Å²) in [7, 11) is 0. The van der Waals surface area contributed by atoms with Gasteiger partial charge in [0, 0.05) is 17.0 Å². The number of ketones is 1. The van der Waals surface area contributed by atoms with Gasteiger partial charge in [0.1, 0.15) is 0 Å². The van der Waals surface area contributed by atoms with Crippen LogP contribution in [-0.4, -0.2) is 21.4 Å². The predicted octanol–water partition coefficient (Wildman–Crippen LogP) is 4.05. The fraction of sp³-hybridized carbons (Fsp3) is 0. The van der Waals surface area contributed by atoms with Gasteiger partial charge in [-0.1, -0.05) is 54.6 Å². The third-order valence-electron chi connectivity index (χ3n) is 4.18. The van der Waals surface area contributed by atoms with Crippen molar-refractivity contribution in [3.8, 4) is 5.69 Å². The van der Waals surface area contributed by atoms with Crippen molar-refractivity contribution in [2.24, 2.45) is 0 Å². The number of Topliss-reactive ketones (excluding diaryl/α,β-unsaturated/α-hetero) is 1. The maximum atomic E-state index is 12.1. The number of aliphatic carboxylic acids is 1. The molecule has 3 aromatic carbocycles. The normalized spacial score (nSPS) is 11.0. The van der Waals surface area contributed by atoms with Gasteiger partial charge in [0.2, 0.25) is 0 Å². The van der Waals surface area contributed by atoms with Crippen LogP contribution >= 0.6 is 0 Å². The molecule has 1 N–H and O–H groups in total. The Morgan fingerprint density at radius 2 is 1.46 bits per heavy atom. The first-order valence-corrected chi connectivity index (χ1v) is 7.52. The zero-order valence-electron chi connectivity index (χ0n) is 12.6. The van der Waals surface area contributed by atoms with Crippen molar-refractivity contribution >= 4 is 33.4 Å². The molecular formula is C20H13NO3. The third kappa shape index (κ3) is 2.08. The zero-order valence-corrected chi connectivity index (χ0v) is 12.6. The first-order valence-electron chi connectivity index (χ1n) is 7.52. The SMILES string of the molecule is O=C(O)C(=O)c1cn(-c2cccc3ccccc23)c2ccccc12. The number of nitrogens with zero attached hydrogens (tertiary/aromatic N) is 1. The van der Waals surface area contributed by atoms with E-state index >= 15 is 0 Å². The molecule has 0 unspecified atom stereocenters. The summed E-state index contributed by atoms with van der Waals surface area (Å²) < 4.78 is 1.88. The lowest BCUT2D eigenvalue weighted by Crippen LogP contribution is -2.12. The Morgan fingerprint density at radius 3 is 2.25 bits per heavy atom. The van der Waals surface area contributed by atoms with Crippen molar-refractivity contribution in [3.05, 3.63) is 78.5 Å². The van der Waals surface area contributed by atoms with E-state index in [4.69, 9.17) is 5.11 Å². The average molecular weight is 315 g/mol. The Balaban J connectivity index is 2.07. The second-order valence-electron chi connectivity index (χ2n) is 5.56. The molecule has 4 aromatic rings. The molecule has 24 heavy (non-hydrogen) atoms. The van der Waals surface area contributed by atoms with Gasteiger partial charge in [0.25, 0.3) is 5.78 Å². The highest BCUT2D eigenvalue weighted by Crippen LogP contribution is 2.29. The van der Waals surface area contributed by atoms with Crippen molar-refractivity contribution in [2.75, 3.05) is 0 Å². The largest absolute Gasteiger partial charge is 0.475 e. The van der Waals surface area contributed by atoms with Crippen LogP contribution in [0.1, 0.15) is 10.4 Å². The molecule has 0 radical (unpaired) electrons. The minimum atomic E-state index is -1.45. The molecule has 0 atom stereocenters. The summed E-state index contributed by atoms with van der Waals surface area (Å²) in [6, 6.07) is 21.2. The molecule has 4 heteroatoms. The minimum Gasteiger partial charge on any atom is -0.475 e. The highest BCUT2D eigenvalue weighted by Gasteiger charge is 2.21. The second-order valence-corrected chi connectivity index (χ2v) is 5.56. The van der Waals surface area contributed by atoms with Gasteiger partial charge in [-0.15, -0.1) is 0 Å². The fourth-order valence-electron chi connectivity index (χ4n) is 3.09. The third-order valence-corrected chi connectivity index (χ3v) is 4.18. The van der Waals surface area contributed by atoms with Gasteiger partial charge < -0.3 is 9.67 Å². The van der Waals surface area contributed by atoms with Crippen LogP contribution in [0.5, 0.6) is 0 Å². The molecule has 0 amide bonds. The van der Waals surface area contributed by atoms with E-state index in [1.165, 1.54) is 0 Å². The maximum Gasteiger partial charge on any atom is 0.377 e. The number of rotatable bonds is 3. The van der Waals surface area contributed by atoms with Crippen LogP contribution in [0.2, 0.25) is 0 Å². The van der Waals surface area contributed by atoms with Crippen LogP contribution in [0.3, 0.4) is 0 Å². The topological polar surface area (TPSA) is 59.3 Å². The van der Waals surface area contributed by atoms with Crippen molar-refractivity contribution < 1.29 is 14.7 Å². The summed E-state index contributed by atoms with van der Waals surface area (Å²) in [5, 5.41) is 11.8. The summed E-state index contributed by atoms with van der Waals surface area (Å²) in [6.07, 6.45) is 1.61. The van der Waals surface area contributed by atoms with Crippen molar-refractivity contribution in [1.29, 1.82) is 0 Å². The Hall–Kier alpha value is -3.40. The number of para-hydroxylation sites is 1. The number of carbonyl (C=O) groups excluding carboxylic acids is 1. The lowest BCUT2D eigenvalue weighted by molar-refractivity contribution is -0.131. The number of carboxylic acids is 1. The molecule has 0 saturated heterocycles. The Bertz CT molecular complexity index is 1100. The Labute approximate surface area is 137 Å². The number of hydrogen-bond acceptors (Lipinski definition) is 2. The molecule has 1 heterocycles. The monoisotopic (exact) mass is 315 g/mol. The van der Waals surface area contributed by atoms with Gasteiger partial charge in [0.15, 0.2) is 0 Å². The summed E-state index contributed by atoms with van der Waals surface area (Å²) in [5.74, 6) is -2.35. The molecule has 0 fully saturated rings. The van der Waals surface area contributed by atoms with Gasteiger partial charge >= 0.3 is 5.97 Å². The van der Waals surface area contributed by atoms with E-state index in [9.17, 15) is 9.59 Å². The van der Waals surface area contributed by atoms with Crippen molar-refractivity contribution in [3.63, 3.8) is 0 Å². The van der Waals surface area contributed by atoms with Crippen molar-refractivity contribution in [2.45, 2.75) is 0 Å². The molecule has 0 aliphatic carbocycles. The smallest absolute Gasteiger partial charge is 0.377 e. The highest BCUT2D eigenvalue weighted by molar-refractivity contribution is 6.42. The number of fused-ring (bicyclic) bond motifs is 2. The number of carbonyl (C=O) groups is 2. The van der Waals surface area contributed by atoms with E-state index in [-0.39, 0.29) is 5.56 Å². The zero-order chi connectivity index (χ0) is 16.7. The molecule has 4 rings (SSSR count). The lowest BCUT2D eigenvalue weighted by atomic mass is 10.1. The predicted molar refractivity (Wildman–Crippen MR) is 92.7 cm³/mol. The molecule has 116 valence electrons. The quantitative estimate of drug-likeness (QED) is 0.458. The van der Waals surface area contributed by atoms with Gasteiger partial charge in [-0.3, -0.25) is 4.79 Å². The number of aromatic nitrogens is 1. The summed E-state index contributed by atoms with van der Waals surface area (Å²) in [5.41, 5.74) is 1.92. The first kappa shape index (κ1) is 14.2. The molecule has 0 saturated carbocycles. The molecular weight excluding hydrogens is 302 g/mol. The van der Waals surface area contributed by atoms with Gasteiger partial charge in [-0.2, -0.15) is 0 Å². The second kappa shape index (κ2) is 5.35. The van der Waals surface area contributed by atoms with Gasteiger partial charge in [-0.25, -0.2) is 4.79 Å². The number of carboxylic acid groups (broad SMARTS) is 1. The van der Waals surface area contributed by atoms with Crippen LogP contribution in [0, 0.1) is 0 Å². The van der Waals surface area contributed by atoms with Crippen molar-refractivity contribution in [1.82, 2.24) is 4.57 Å². The standard InChI is InChI=1S/C20H13NO3/c22-19(20(23)24)16-12-21(18-10-4-3-9-15(16)18)17-11-5-7-13-6-1-2-8-14(13)17/h1-12H,(H,23,24). The number of benzene rings is 3. The lowest BCUT2D eigenvalue weighted by Gasteiger charge is -2.09. The van der Waals surface area contributed by atoms with Crippen LogP contribution in [0.4, 0.5) is 0 Å². The molecule has 0 bridgehead atoms. The molecule has 0 aliphatic heterocycles. The first-order chi connectivity index (χ1) is 11.7. The highest BCUT2D eigenvalue weighted by atomic mass is 16.4. The van der Waals surface area contributed by atoms with E-state index in [0.717, 1.165) is 22.0 Å².